The fraction of sp³-hybridized carbons (Fsp3) is 0.917. The molecular formula is C12H24BrNO. The van der Waals surface area contributed by atoms with E-state index in [1.807, 2.05) is 4.90 Å². The molecule has 15 heavy (non-hydrogen) atoms. The van der Waals surface area contributed by atoms with Crippen LogP contribution in [0.5, 0.6) is 0 Å². The van der Waals surface area contributed by atoms with Gasteiger partial charge in [-0.15, -0.1) is 0 Å². The Morgan fingerprint density at radius 1 is 1.33 bits per heavy atom. The van der Waals surface area contributed by atoms with Gasteiger partial charge in [-0.05, 0) is 12.3 Å². The van der Waals surface area contributed by atoms with Gasteiger partial charge in [0.05, 0.1) is 0 Å². The van der Waals surface area contributed by atoms with Crippen molar-refractivity contribution < 1.29 is 4.79 Å². The highest BCUT2D eigenvalue weighted by Crippen LogP contribution is 2.10. The van der Waals surface area contributed by atoms with Gasteiger partial charge >= 0.3 is 0 Å². The zero-order chi connectivity index (χ0) is 11.7. The van der Waals surface area contributed by atoms with E-state index in [0.717, 1.165) is 37.7 Å². The topological polar surface area (TPSA) is 20.3 Å². The maximum absolute atomic E-state index is 11.9. The third kappa shape index (κ3) is 6.93. The third-order valence-electron chi connectivity index (χ3n) is 2.71. The lowest BCUT2D eigenvalue weighted by Crippen LogP contribution is -2.34. The van der Waals surface area contributed by atoms with Crippen LogP contribution in [-0.2, 0) is 4.79 Å². The molecule has 0 aliphatic rings. The van der Waals surface area contributed by atoms with Gasteiger partial charge in [0.25, 0.3) is 0 Å². The van der Waals surface area contributed by atoms with Crippen LogP contribution in [0.25, 0.3) is 0 Å². The predicted molar refractivity (Wildman–Crippen MR) is 69.4 cm³/mol. The SMILES string of the molecule is CCCCN(CCBr)C(=O)CC(C)CC. The van der Waals surface area contributed by atoms with E-state index in [0.29, 0.717) is 18.2 Å². The summed E-state index contributed by atoms with van der Waals surface area (Å²) in [6, 6.07) is 0. The lowest BCUT2D eigenvalue weighted by Gasteiger charge is -2.23. The van der Waals surface area contributed by atoms with E-state index in [1.165, 1.54) is 0 Å². The van der Waals surface area contributed by atoms with Crippen LogP contribution in [0.3, 0.4) is 0 Å². The highest BCUT2D eigenvalue weighted by molar-refractivity contribution is 9.09. The number of amides is 1. The summed E-state index contributed by atoms with van der Waals surface area (Å²) in [5, 5.41) is 0.878. The van der Waals surface area contributed by atoms with Gasteiger partial charge in [0, 0.05) is 24.8 Å². The van der Waals surface area contributed by atoms with E-state index in [1.54, 1.807) is 0 Å². The van der Waals surface area contributed by atoms with Gasteiger partial charge in [0.2, 0.25) is 5.91 Å². The Kier molecular flexibility index (Phi) is 9.17. The average molecular weight is 278 g/mol. The Bertz CT molecular complexity index is 173. The molecule has 0 saturated heterocycles. The Balaban J connectivity index is 4.03. The van der Waals surface area contributed by atoms with Crippen LogP contribution in [0.15, 0.2) is 0 Å². The second-order valence-electron chi connectivity index (χ2n) is 4.14. The summed E-state index contributed by atoms with van der Waals surface area (Å²) in [6.45, 7) is 8.20. The van der Waals surface area contributed by atoms with E-state index < -0.39 is 0 Å². The minimum absolute atomic E-state index is 0.317. The van der Waals surface area contributed by atoms with Gasteiger partial charge in [-0.1, -0.05) is 49.5 Å². The summed E-state index contributed by atoms with van der Waals surface area (Å²) in [7, 11) is 0. The molecule has 0 spiro atoms. The molecule has 1 amide bonds. The zero-order valence-electron chi connectivity index (χ0n) is 10.3. The fourth-order valence-corrected chi connectivity index (χ4v) is 1.81. The van der Waals surface area contributed by atoms with E-state index >= 15 is 0 Å². The highest BCUT2D eigenvalue weighted by atomic mass is 79.9. The van der Waals surface area contributed by atoms with Gasteiger partial charge in [-0.2, -0.15) is 0 Å². The van der Waals surface area contributed by atoms with Crippen molar-refractivity contribution in [2.24, 2.45) is 5.92 Å². The molecule has 0 aliphatic heterocycles. The predicted octanol–water partition coefficient (Wildman–Crippen LogP) is 3.45. The monoisotopic (exact) mass is 277 g/mol. The fourth-order valence-electron chi connectivity index (χ4n) is 1.38. The van der Waals surface area contributed by atoms with Gasteiger partial charge in [-0.25, -0.2) is 0 Å². The Morgan fingerprint density at radius 3 is 2.47 bits per heavy atom. The number of unbranched alkanes of at least 4 members (excludes halogenated alkanes) is 1. The molecule has 0 N–H and O–H groups in total. The quantitative estimate of drug-likeness (QED) is 0.623. The summed E-state index contributed by atoms with van der Waals surface area (Å²) in [6.07, 6.45) is 4.05. The van der Waals surface area contributed by atoms with Gasteiger partial charge in [-0.3, -0.25) is 4.79 Å². The molecule has 0 saturated carbocycles. The first kappa shape index (κ1) is 14.9. The molecule has 2 nitrogen and oxygen atoms in total. The zero-order valence-corrected chi connectivity index (χ0v) is 11.8. The Labute approximate surface area is 103 Å². The molecule has 3 heteroatoms. The van der Waals surface area contributed by atoms with Crippen molar-refractivity contribution >= 4 is 21.8 Å². The summed E-state index contributed by atoms with van der Waals surface area (Å²) >= 11 is 3.40. The molecule has 0 radical (unpaired) electrons. The smallest absolute Gasteiger partial charge is 0.222 e. The van der Waals surface area contributed by atoms with Crippen LogP contribution in [0.1, 0.15) is 46.5 Å². The van der Waals surface area contributed by atoms with Crippen molar-refractivity contribution in [3.63, 3.8) is 0 Å². The number of halogens is 1. The van der Waals surface area contributed by atoms with Gasteiger partial charge in [0.15, 0.2) is 0 Å². The summed E-state index contributed by atoms with van der Waals surface area (Å²) in [5.74, 6) is 0.828. The summed E-state index contributed by atoms with van der Waals surface area (Å²) in [4.78, 5) is 13.9. The number of rotatable bonds is 8. The first-order valence-electron chi connectivity index (χ1n) is 5.99. The summed E-state index contributed by atoms with van der Waals surface area (Å²) in [5.41, 5.74) is 0. The van der Waals surface area contributed by atoms with Crippen molar-refractivity contribution in [1.82, 2.24) is 4.90 Å². The number of carbonyl (C=O) groups excluding carboxylic acids is 1. The Hall–Kier alpha value is -0.0500. The molecular weight excluding hydrogens is 254 g/mol. The van der Waals surface area contributed by atoms with Crippen molar-refractivity contribution in [3.05, 3.63) is 0 Å². The molecule has 0 aromatic carbocycles. The molecule has 1 atom stereocenters. The number of carbonyl (C=O) groups is 1. The van der Waals surface area contributed by atoms with Crippen LogP contribution in [-0.4, -0.2) is 29.2 Å². The van der Waals surface area contributed by atoms with Crippen molar-refractivity contribution in [2.45, 2.75) is 46.5 Å². The maximum atomic E-state index is 11.9. The number of hydrogen-bond donors (Lipinski definition) is 0. The number of hydrogen-bond acceptors (Lipinski definition) is 1. The second kappa shape index (κ2) is 9.20. The minimum Gasteiger partial charge on any atom is -0.342 e. The molecule has 0 fully saturated rings. The van der Waals surface area contributed by atoms with Crippen LogP contribution < -0.4 is 0 Å². The van der Waals surface area contributed by atoms with Crippen molar-refractivity contribution in [1.29, 1.82) is 0 Å². The largest absolute Gasteiger partial charge is 0.342 e. The third-order valence-corrected chi connectivity index (χ3v) is 3.06. The number of nitrogens with zero attached hydrogens (tertiary/aromatic N) is 1. The second-order valence-corrected chi connectivity index (χ2v) is 4.93. The van der Waals surface area contributed by atoms with Crippen molar-refractivity contribution in [3.8, 4) is 0 Å². The van der Waals surface area contributed by atoms with Gasteiger partial charge < -0.3 is 4.90 Å². The lowest BCUT2D eigenvalue weighted by atomic mass is 10.0. The average Bonchev–Trinajstić information content (AvgIpc) is 2.23. The van der Waals surface area contributed by atoms with E-state index in [2.05, 4.69) is 36.7 Å². The molecule has 1 unspecified atom stereocenters. The molecule has 0 bridgehead atoms. The standard InChI is InChI=1S/C12H24BrNO/c1-4-6-8-14(9-7-13)12(15)10-11(3)5-2/h11H,4-10H2,1-3H3. The minimum atomic E-state index is 0.317. The van der Waals surface area contributed by atoms with E-state index in [-0.39, 0.29) is 0 Å². The summed E-state index contributed by atoms with van der Waals surface area (Å²) < 4.78 is 0. The van der Waals surface area contributed by atoms with Crippen LogP contribution >= 0.6 is 15.9 Å². The van der Waals surface area contributed by atoms with E-state index in [4.69, 9.17) is 0 Å². The molecule has 0 aromatic heterocycles. The van der Waals surface area contributed by atoms with Crippen molar-refractivity contribution in [2.75, 3.05) is 18.4 Å². The molecule has 90 valence electrons. The molecule has 0 aliphatic carbocycles. The molecule has 0 aromatic rings. The lowest BCUT2D eigenvalue weighted by molar-refractivity contribution is -0.131. The van der Waals surface area contributed by atoms with Crippen LogP contribution in [0, 0.1) is 5.92 Å². The first-order valence-corrected chi connectivity index (χ1v) is 7.11. The van der Waals surface area contributed by atoms with E-state index in [9.17, 15) is 4.79 Å². The molecule has 0 heterocycles. The first-order chi connectivity index (χ1) is 7.15. The maximum Gasteiger partial charge on any atom is 0.222 e. The van der Waals surface area contributed by atoms with Gasteiger partial charge in [0.1, 0.15) is 0 Å². The molecule has 0 rings (SSSR count). The normalized spacial score (nSPS) is 12.5. The number of alkyl halides is 1. The highest BCUT2D eigenvalue weighted by Gasteiger charge is 2.14. The Morgan fingerprint density at radius 2 is 2.00 bits per heavy atom. The van der Waals surface area contributed by atoms with Crippen LogP contribution in [0.2, 0.25) is 0 Å². The van der Waals surface area contributed by atoms with Crippen LogP contribution in [0.4, 0.5) is 0 Å².